The Balaban J connectivity index is 1.85. The van der Waals surface area contributed by atoms with E-state index in [4.69, 9.17) is 26.8 Å². The summed E-state index contributed by atoms with van der Waals surface area (Å²) in [7, 11) is 0. The van der Waals surface area contributed by atoms with Gasteiger partial charge in [0.05, 0.1) is 14.3 Å². The number of hydrogen-bond acceptors (Lipinski definition) is 5. The van der Waals surface area contributed by atoms with Crippen LogP contribution in [0, 0.1) is 3.57 Å². The lowest BCUT2D eigenvalue weighted by molar-refractivity contribution is 0.174. The van der Waals surface area contributed by atoms with Gasteiger partial charge in [-0.15, -0.1) is 0 Å². The average molecular weight is 416 g/mol. The van der Waals surface area contributed by atoms with Crippen LogP contribution in [0.3, 0.4) is 0 Å². The number of fused-ring (bicyclic) bond motifs is 1. The average Bonchev–Trinajstić information content (AvgIpc) is 3.19. The minimum atomic E-state index is 0.182. The van der Waals surface area contributed by atoms with Crippen molar-refractivity contribution in [2.75, 3.05) is 12.5 Å². The van der Waals surface area contributed by atoms with Crippen molar-refractivity contribution in [2.24, 2.45) is 0 Å². The molecule has 0 bridgehead atoms. The Kier molecular flexibility index (Phi) is 3.11. The van der Waals surface area contributed by atoms with Gasteiger partial charge in [-0.25, -0.2) is 9.97 Å². The fourth-order valence-electron chi connectivity index (χ4n) is 2.34. The van der Waals surface area contributed by atoms with Crippen molar-refractivity contribution in [3.63, 3.8) is 0 Å². The van der Waals surface area contributed by atoms with Gasteiger partial charge < -0.3 is 15.2 Å². The van der Waals surface area contributed by atoms with Crippen LogP contribution in [-0.2, 0) is 0 Å². The van der Waals surface area contributed by atoms with Gasteiger partial charge in [0, 0.05) is 11.5 Å². The molecule has 1 fully saturated rings. The van der Waals surface area contributed by atoms with E-state index in [2.05, 4.69) is 32.6 Å². The maximum Gasteiger partial charge on any atom is 0.231 e. The minimum absolute atomic E-state index is 0.182. The summed E-state index contributed by atoms with van der Waals surface area (Å²) in [5.41, 5.74) is 7.85. The van der Waals surface area contributed by atoms with E-state index in [1.54, 1.807) is 6.07 Å². The van der Waals surface area contributed by atoms with Crippen molar-refractivity contribution in [2.45, 2.75) is 18.8 Å². The van der Waals surface area contributed by atoms with Gasteiger partial charge in [0.25, 0.3) is 0 Å². The van der Waals surface area contributed by atoms with Crippen molar-refractivity contribution in [1.82, 2.24) is 9.97 Å². The van der Waals surface area contributed by atoms with E-state index < -0.39 is 0 Å². The molecule has 1 aromatic carbocycles. The SMILES string of the molecule is Nc1nc(-c2cc(Cl)c3c(c2)OCO3)nc(C2CC2)c1I. The van der Waals surface area contributed by atoms with E-state index in [1.165, 1.54) is 0 Å². The molecule has 0 saturated heterocycles. The lowest BCUT2D eigenvalue weighted by Gasteiger charge is -2.09. The molecule has 5 nitrogen and oxygen atoms in total. The third-order valence-corrected chi connectivity index (χ3v) is 4.94. The van der Waals surface area contributed by atoms with Crippen molar-refractivity contribution in [3.8, 4) is 22.9 Å². The molecule has 1 aromatic heterocycles. The quantitative estimate of drug-likeness (QED) is 0.759. The molecule has 0 amide bonds. The predicted molar refractivity (Wildman–Crippen MR) is 87.7 cm³/mol. The molecule has 1 aliphatic carbocycles. The van der Waals surface area contributed by atoms with E-state index in [1.807, 2.05) is 6.07 Å². The van der Waals surface area contributed by atoms with E-state index in [0.717, 1.165) is 27.7 Å². The zero-order chi connectivity index (χ0) is 14.6. The summed E-state index contributed by atoms with van der Waals surface area (Å²) in [5.74, 6) is 2.78. The molecule has 2 heterocycles. The smallest absolute Gasteiger partial charge is 0.231 e. The van der Waals surface area contributed by atoms with E-state index in [-0.39, 0.29) is 6.79 Å². The molecule has 0 atom stereocenters. The highest BCUT2D eigenvalue weighted by molar-refractivity contribution is 14.1. The molecule has 1 aliphatic heterocycles. The Hall–Kier alpha value is -1.28. The number of halogens is 2. The van der Waals surface area contributed by atoms with Crippen LogP contribution < -0.4 is 15.2 Å². The first-order chi connectivity index (χ1) is 10.1. The number of rotatable bonds is 2. The number of benzene rings is 1. The van der Waals surface area contributed by atoms with Crippen LogP contribution in [0.4, 0.5) is 5.82 Å². The Morgan fingerprint density at radius 3 is 2.81 bits per heavy atom. The summed E-state index contributed by atoms with van der Waals surface area (Å²) in [5, 5.41) is 0.494. The highest BCUT2D eigenvalue weighted by atomic mass is 127. The van der Waals surface area contributed by atoms with Gasteiger partial charge in [0.2, 0.25) is 6.79 Å². The molecule has 1 saturated carbocycles. The summed E-state index contributed by atoms with van der Waals surface area (Å²) in [6, 6.07) is 3.62. The number of aromatic nitrogens is 2. The van der Waals surface area contributed by atoms with Crippen molar-refractivity contribution in [3.05, 3.63) is 26.4 Å². The summed E-state index contributed by atoms with van der Waals surface area (Å²) in [4.78, 5) is 9.06. The molecular formula is C14H11ClIN3O2. The van der Waals surface area contributed by atoms with Crippen LogP contribution in [-0.4, -0.2) is 16.8 Å². The number of nitrogens with two attached hydrogens (primary N) is 1. The van der Waals surface area contributed by atoms with Crippen LogP contribution in [0.1, 0.15) is 24.5 Å². The van der Waals surface area contributed by atoms with Crippen molar-refractivity contribution in [1.29, 1.82) is 0 Å². The summed E-state index contributed by atoms with van der Waals surface area (Å²) < 4.78 is 11.7. The van der Waals surface area contributed by atoms with Crippen LogP contribution >= 0.6 is 34.2 Å². The van der Waals surface area contributed by atoms with Gasteiger partial charge in [0.15, 0.2) is 17.3 Å². The topological polar surface area (TPSA) is 70.3 Å². The standard InChI is InChI=1S/C14H11ClIN3O2/c15-8-3-7(4-9-12(8)21-5-20-9)14-18-11(6-1-2-6)10(16)13(17)19-14/h3-4,6H,1-2,5H2,(H2,17,18,19). The Bertz CT molecular complexity index is 749. The lowest BCUT2D eigenvalue weighted by atomic mass is 10.1. The molecule has 21 heavy (non-hydrogen) atoms. The first-order valence-corrected chi connectivity index (χ1v) is 8.01. The molecule has 2 aliphatic rings. The predicted octanol–water partition coefficient (Wildman–Crippen LogP) is 3.59. The van der Waals surface area contributed by atoms with Gasteiger partial charge in [0.1, 0.15) is 5.82 Å². The van der Waals surface area contributed by atoms with Crippen molar-refractivity contribution < 1.29 is 9.47 Å². The molecule has 0 unspecified atom stereocenters. The third kappa shape index (κ3) is 2.30. The highest BCUT2D eigenvalue weighted by Gasteiger charge is 2.29. The van der Waals surface area contributed by atoms with Gasteiger partial charge in [-0.3, -0.25) is 0 Å². The Labute approximate surface area is 140 Å². The number of hydrogen-bond donors (Lipinski definition) is 1. The van der Waals surface area contributed by atoms with E-state index in [9.17, 15) is 0 Å². The number of nitrogens with zero attached hydrogens (tertiary/aromatic N) is 2. The van der Waals surface area contributed by atoms with Crippen LogP contribution in [0.2, 0.25) is 5.02 Å². The number of anilines is 1. The Morgan fingerprint density at radius 2 is 2.05 bits per heavy atom. The van der Waals surface area contributed by atoms with E-state index >= 15 is 0 Å². The van der Waals surface area contributed by atoms with E-state index in [0.29, 0.717) is 34.1 Å². The molecule has 7 heteroatoms. The first kappa shape index (κ1) is 13.4. The Morgan fingerprint density at radius 1 is 1.24 bits per heavy atom. The maximum absolute atomic E-state index is 6.22. The maximum atomic E-state index is 6.22. The number of nitrogen functional groups attached to an aromatic ring is 1. The van der Waals surface area contributed by atoms with Crippen molar-refractivity contribution >= 4 is 40.0 Å². The molecule has 4 rings (SSSR count). The zero-order valence-electron chi connectivity index (χ0n) is 10.9. The van der Waals surface area contributed by atoms with Gasteiger partial charge in [-0.05, 0) is 47.6 Å². The molecule has 108 valence electrons. The monoisotopic (exact) mass is 415 g/mol. The van der Waals surface area contributed by atoms with Crippen LogP contribution in [0.25, 0.3) is 11.4 Å². The summed E-state index contributed by atoms with van der Waals surface area (Å²) >= 11 is 8.43. The van der Waals surface area contributed by atoms with Gasteiger partial charge >= 0.3 is 0 Å². The second-order valence-corrected chi connectivity index (χ2v) is 6.58. The highest BCUT2D eigenvalue weighted by Crippen LogP contribution is 2.44. The second-order valence-electron chi connectivity index (χ2n) is 5.10. The first-order valence-electron chi connectivity index (χ1n) is 6.56. The van der Waals surface area contributed by atoms with Crippen LogP contribution in [0.5, 0.6) is 11.5 Å². The summed E-state index contributed by atoms with van der Waals surface area (Å²) in [6.45, 7) is 0.182. The van der Waals surface area contributed by atoms with Crippen LogP contribution in [0.15, 0.2) is 12.1 Å². The second kappa shape index (κ2) is 4.88. The third-order valence-electron chi connectivity index (χ3n) is 3.55. The minimum Gasteiger partial charge on any atom is -0.454 e. The number of ether oxygens (including phenoxy) is 2. The molecular weight excluding hydrogens is 405 g/mol. The normalized spacial score (nSPS) is 16.3. The lowest BCUT2D eigenvalue weighted by Crippen LogP contribution is -2.04. The fraction of sp³-hybridized carbons (Fsp3) is 0.286. The summed E-state index contributed by atoms with van der Waals surface area (Å²) in [6.07, 6.45) is 2.32. The molecule has 0 spiro atoms. The molecule has 0 radical (unpaired) electrons. The molecule has 2 N–H and O–H groups in total. The zero-order valence-corrected chi connectivity index (χ0v) is 13.8. The van der Waals surface area contributed by atoms with Gasteiger partial charge in [-0.2, -0.15) is 0 Å². The molecule has 2 aromatic rings. The van der Waals surface area contributed by atoms with Gasteiger partial charge in [-0.1, -0.05) is 11.6 Å². The fourth-order valence-corrected chi connectivity index (χ4v) is 3.28. The largest absolute Gasteiger partial charge is 0.454 e.